The molecular formula is C24H22N4O8. The Kier molecular flexibility index (Phi) is 8.13. The number of nitro benzene ring substituents is 2. The maximum absolute atomic E-state index is 12.0. The third kappa shape index (κ3) is 6.53. The summed E-state index contributed by atoms with van der Waals surface area (Å²) >= 11 is 0. The largest absolute Gasteiger partial charge is 0.493 e. The van der Waals surface area contributed by atoms with E-state index in [4.69, 9.17) is 14.2 Å². The Bertz CT molecular complexity index is 1340. The first-order valence-electron chi connectivity index (χ1n) is 10.5. The predicted octanol–water partition coefficient (Wildman–Crippen LogP) is 4.45. The van der Waals surface area contributed by atoms with E-state index in [2.05, 4.69) is 10.5 Å². The van der Waals surface area contributed by atoms with Gasteiger partial charge < -0.3 is 14.2 Å². The number of hydrogen-bond donors (Lipinski definition) is 1. The van der Waals surface area contributed by atoms with Crippen molar-refractivity contribution in [1.29, 1.82) is 0 Å². The van der Waals surface area contributed by atoms with Crippen LogP contribution in [0.5, 0.6) is 23.0 Å². The minimum absolute atomic E-state index is 0.137. The number of nitrogens with one attached hydrogen (secondary N) is 1. The van der Waals surface area contributed by atoms with Crippen LogP contribution in [-0.2, 0) is 4.79 Å². The van der Waals surface area contributed by atoms with Crippen LogP contribution in [0.25, 0.3) is 0 Å². The van der Waals surface area contributed by atoms with E-state index in [9.17, 15) is 25.0 Å². The minimum atomic E-state index is -0.775. The van der Waals surface area contributed by atoms with Gasteiger partial charge >= 0.3 is 5.69 Å². The minimum Gasteiger partial charge on any atom is -0.493 e. The SMILES string of the molecule is COc1cc(C=NNC(=O)COc2ccc(C)cc2C)ccc1Oc1ccc([N+](=O)[O-])cc1[N+](=O)[O-]. The van der Waals surface area contributed by atoms with Crippen molar-refractivity contribution >= 4 is 23.5 Å². The summed E-state index contributed by atoms with van der Waals surface area (Å²) in [5.74, 6) is 0.312. The van der Waals surface area contributed by atoms with Gasteiger partial charge in [0.1, 0.15) is 5.75 Å². The standard InChI is InChI=1S/C24H22N4O8/c1-15-4-7-20(16(2)10-15)35-14-24(29)26-25-13-17-5-8-22(23(11-17)34-3)36-21-9-6-18(27(30)31)12-19(21)28(32)33/h4-13H,14H2,1-3H3,(H,26,29). The number of non-ortho nitro benzene ring substituents is 1. The highest BCUT2D eigenvalue weighted by molar-refractivity contribution is 5.83. The molecule has 0 atom stereocenters. The fraction of sp³-hybridized carbons (Fsp3) is 0.167. The second kappa shape index (κ2) is 11.4. The molecule has 0 aliphatic carbocycles. The van der Waals surface area contributed by atoms with Crippen molar-refractivity contribution in [3.05, 3.63) is 91.5 Å². The summed E-state index contributed by atoms with van der Waals surface area (Å²) in [6.07, 6.45) is 1.37. The molecule has 0 saturated heterocycles. The number of aryl methyl sites for hydroxylation is 2. The molecule has 0 unspecified atom stereocenters. The van der Waals surface area contributed by atoms with Crippen LogP contribution >= 0.6 is 0 Å². The van der Waals surface area contributed by atoms with Gasteiger partial charge in [-0.2, -0.15) is 5.10 Å². The molecular weight excluding hydrogens is 472 g/mol. The molecule has 3 aromatic rings. The topological polar surface area (TPSA) is 155 Å². The number of amides is 1. The van der Waals surface area contributed by atoms with Crippen LogP contribution in [0.4, 0.5) is 11.4 Å². The molecule has 0 aliphatic rings. The fourth-order valence-electron chi connectivity index (χ4n) is 3.13. The summed E-state index contributed by atoms with van der Waals surface area (Å²) in [4.78, 5) is 32.8. The van der Waals surface area contributed by atoms with Crippen molar-refractivity contribution in [2.45, 2.75) is 13.8 Å². The number of hydrogen-bond acceptors (Lipinski definition) is 9. The number of hydrazone groups is 1. The maximum atomic E-state index is 12.0. The lowest BCUT2D eigenvalue weighted by Crippen LogP contribution is -2.24. The van der Waals surface area contributed by atoms with E-state index in [1.807, 2.05) is 26.0 Å². The lowest BCUT2D eigenvalue weighted by Gasteiger charge is -2.11. The molecule has 0 spiro atoms. The number of methoxy groups -OCH3 is 1. The molecule has 0 aliphatic heterocycles. The van der Waals surface area contributed by atoms with Gasteiger partial charge in [0.2, 0.25) is 5.75 Å². The van der Waals surface area contributed by atoms with Gasteiger partial charge in [-0.25, -0.2) is 5.43 Å². The predicted molar refractivity (Wildman–Crippen MR) is 130 cm³/mol. The van der Waals surface area contributed by atoms with Crippen LogP contribution in [0.3, 0.4) is 0 Å². The highest BCUT2D eigenvalue weighted by Gasteiger charge is 2.22. The van der Waals surface area contributed by atoms with Crippen molar-refractivity contribution in [2.75, 3.05) is 13.7 Å². The Morgan fingerprint density at radius 1 is 0.944 bits per heavy atom. The molecule has 3 aromatic carbocycles. The molecule has 0 bridgehead atoms. The number of benzene rings is 3. The van der Waals surface area contributed by atoms with E-state index in [1.165, 1.54) is 25.5 Å². The molecule has 0 radical (unpaired) electrons. The van der Waals surface area contributed by atoms with Crippen LogP contribution in [0.15, 0.2) is 59.7 Å². The average Bonchev–Trinajstić information content (AvgIpc) is 2.84. The van der Waals surface area contributed by atoms with Crippen molar-refractivity contribution in [3.63, 3.8) is 0 Å². The molecule has 36 heavy (non-hydrogen) atoms. The van der Waals surface area contributed by atoms with Crippen LogP contribution in [0.2, 0.25) is 0 Å². The van der Waals surface area contributed by atoms with Gasteiger partial charge in [-0.15, -0.1) is 0 Å². The summed E-state index contributed by atoms with van der Waals surface area (Å²) in [6, 6.07) is 13.3. The molecule has 1 amide bonds. The Morgan fingerprint density at radius 2 is 1.67 bits per heavy atom. The monoisotopic (exact) mass is 494 g/mol. The van der Waals surface area contributed by atoms with Gasteiger partial charge in [0.15, 0.2) is 18.1 Å². The second-order valence-electron chi connectivity index (χ2n) is 7.53. The summed E-state index contributed by atoms with van der Waals surface area (Å²) in [5, 5.41) is 26.1. The average molecular weight is 494 g/mol. The summed E-state index contributed by atoms with van der Waals surface area (Å²) in [7, 11) is 1.37. The first kappa shape index (κ1) is 25.6. The fourth-order valence-corrected chi connectivity index (χ4v) is 3.13. The van der Waals surface area contributed by atoms with Crippen molar-refractivity contribution < 1.29 is 28.9 Å². The maximum Gasteiger partial charge on any atom is 0.318 e. The van der Waals surface area contributed by atoms with Crippen LogP contribution in [0, 0.1) is 34.1 Å². The lowest BCUT2D eigenvalue weighted by atomic mass is 10.1. The van der Waals surface area contributed by atoms with E-state index < -0.39 is 27.1 Å². The van der Waals surface area contributed by atoms with Gasteiger partial charge in [-0.05, 0) is 55.3 Å². The lowest BCUT2D eigenvalue weighted by molar-refractivity contribution is -0.394. The number of rotatable bonds is 10. The molecule has 0 saturated carbocycles. The van der Waals surface area contributed by atoms with Crippen molar-refractivity contribution in [3.8, 4) is 23.0 Å². The molecule has 3 rings (SSSR count). The number of nitro groups is 2. The highest BCUT2D eigenvalue weighted by atomic mass is 16.6. The Hall–Kier alpha value is -5.00. The zero-order valence-electron chi connectivity index (χ0n) is 19.6. The van der Waals surface area contributed by atoms with Gasteiger partial charge in [0.05, 0.1) is 29.2 Å². The first-order chi connectivity index (χ1) is 17.2. The van der Waals surface area contributed by atoms with Crippen molar-refractivity contribution in [2.24, 2.45) is 5.10 Å². The van der Waals surface area contributed by atoms with E-state index in [0.29, 0.717) is 11.3 Å². The van der Waals surface area contributed by atoms with Crippen LogP contribution in [-0.4, -0.2) is 35.7 Å². The third-order valence-electron chi connectivity index (χ3n) is 4.85. The number of ether oxygens (including phenoxy) is 3. The Morgan fingerprint density at radius 3 is 2.33 bits per heavy atom. The summed E-state index contributed by atoms with van der Waals surface area (Å²) in [6.45, 7) is 3.63. The third-order valence-corrected chi connectivity index (χ3v) is 4.85. The molecule has 1 N–H and O–H groups in total. The normalized spacial score (nSPS) is 10.6. The van der Waals surface area contributed by atoms with E-state index in [0.717, 1.165) is 29.3 Å². The second-order valence-corrected chi connectivity index (χ2v) is 7.53. The van der Waals surface area contributed by atoms with E-state index in [1.54, 1.807) is 12.1 Å². The number of carbonyl (C=O) groups excluding carboxylic acids is 1. The van der Waals surface area contributed by atoms with Crippen molar-refractivity contribution in [1.82, 2.24) is 5.43 Å². The van der Waals surface area contributed by atoms with E-state index >= 15 is 0 Å². The van der Waals surface area contributed by atoms with E-state index in [-0.39, 0.29) is 23.9 Å². The zero-order chi connectivity index (χ0) is 26.2. The van der Waals surface area contributed by atoms with Gasteiger partial charge in [0.25, 0.3) is 11.6 Å². The summed E-state index contributed by atoms with van der Waals surface area (Å²) in [5.41, 5.74) is 3.90. The Labute approximate surface area is 205 Å². The van der Waals surface area contributed by atoms with Crippen LogP contribution in [0.1, 0.15) is 16.7 Å². The van der Waals surface area contributed by atoms with Gasteiger partial charge in [0, 0.05) is 6.07 Å². The highest BCUT2D eigenvalue weighted by Crippen LogP contribution is 2.38. The smallest absolute Gasteiger partial charge is 0.318 e. The van der Waals surface area contributed by atoms with Gasteiger partial charge in [-0.3, -0.25) is 25.0 Å². The zero-order valence-corrected chi connectivity index (χ0v) is 19.6. The Balaban J connectivity index is 1.66. The number of carbonyl (C=O) groups is 1. The quantitative estimate of drug-likeness (QED) is 0.246. The molecule has 12 nitrogen and oxygen atoms in total. The molecule has 0 aromatic heterocycles. The number of nitrogens with zero attached hydrogens (tertiary/aromatic N) is 3. The molecule has 0 heterocycles. The first-order valence-corrected chi connectivity index (χ1v) is 10.5. The summed E-state index contributed by atoms with van der Waals surface area (Å²) < 4.78 is 16.4. The molecule has 186 valence electrons. The molecule has 12 heteroatoms. The van der Waals surface area contributed by atoms with Crippen LogP contribution < -0.4 is 19.6 Å². The van der Waals surface area contributed by atoms with Gasteiger partial charge in [-0.1, -0.05) is 17.7 Å². The molecule has 0 fully saturated rings.